The standard InChI is InChI=1S/C98H172N14O32/c1-18-71(6)89(111(14)95(125)87(69(2)3)109-94(124)88(70(4)5)110(12)13)79(129-16)62-86(120)112-34-22-26-78(112)90(130-17)72(7)91(121)108-77(60-74-24-20-19-21-25-74)93(123)100-30-23-35-143-96(126)73(8)107-82(116)28-32-102-97(127)144-67-75(61-76(113)63-103-83(117)65-105-85(119)66-106-84(118)64-104-80(114)27-31-99-81(115)29-36-142-68-98(9,10)11)92(122)101-33-37-131-40-41-133-44-45-135-48-49-137-52-53-139-56-57-141-59-58-140-55-54-138-51-50-136-47-46-134-43-42-132-39-38-128-15/h19-21,24-25,69-73,75,77-79,87-90H,18,22-23,26-68H2,1-17H3,(H,99,115)(H,100,123)(H,101,122)(H,102,127)(H,103,117)(H,104,114)(H,105,119)(H,106,118)(H,107,116)(H,108,121)(H,109,124)/t71-,72+,73-,75-,77-,78-,79+,87?,88-,89-,90+/m0/s1. The minimum Gasteiger partial charge on any atom is -0.464 e. The van der Waals surface area contributed by atoms with E-state index in [1.54, 1.807) is 43.0 Å². The van der Waals surface area contributed by atoms with Crippen molar-refractivity contribution in [2.75, 3.05) is 280 Å². The summed E-state index contributed by atoms with van der Waals surface area (Å²) >= 11 is 0. The quantitative estimate of drug-likeness (QED) is 0.0301. The number of likely N-dealkylation sites (tertiary alicyclic amines) is 1. The van der Waals surface area contributed by atoms with Crippen molar-refractivity contribution in [1.29, 1.82) is 0 Å². The fourth-order valence-electron chi connectivity index (χ4n) is 14.7. The minimum absolute atomic E-state index is 0.00819. The highest BCUT2D eigenvalue weighted by atomic mass is 16.6. The molecule has 826 valence electrons. The van der Waals surface area contributed by atoms with E-state index in [4.69, 9.17) is 80.5 Å². The average molecular weight is 2060 g/mol. The van der Waals surface area contributed by atoms with Crippen molar-refractivity contribution < 1.29 is 152 Å². The number of benzene rings is 1. The van der Waals surface area contributed by atoms with Gasteiger partial charge in [0.05, 0.1) is 247 Å². The highest BCUT2D eigenvalue weighted by Gasteiger charge is 2.44. The number of carbonyl (C=O) groups is 15. The number of ketones is 1. The summed E-state index contributed by atoms with van der Waals surface area (Å²) in [5.74, 6) is -10.5. The van der Waals surface area contributed by atoms with Crippen molar-refractivity contribution in [1.82, 2.24) is 73.2 Å². The molecule has 1 heterocycles. The fraction of sp³-hybridized carbons (Fsp3) is 0.786. The maximum absolute atomic E-state index is 14.7. The Hall–Kier alpha value is -9.37. The number of hydrogen-bond acceptors (Lipinski definition) is 33. The second-order valence-electron chi connectivity index (χ2n) is 36.6. The number of esters is 1. The molecule has 46 nitrogen and oxygen atoms in total. The van der Waals surface area contributed by atoms with Crippen molar-refractivity contribution >= 4 is 88.7 Å². The summed E-state index contributed by atoms with van der Waals surface area (Å²) in [4.78, 5) is 204. The van der Waals surface area contributed by atoms with Gasteiger partial charge in [0.25, 0.3) is 0 Å². The van der Waals surface area contributed by atoms with Gasteiger partial charge < -0.3 is 149 Å². The van der Waals surface area contributed by atoms with Crippen LogP contribution in [0.2, 0.25) is 0 Å². The highest BCUT2D eigenvalue weighted by molar-refractivity contribution is 5.94. The third kappa shape index (κ3) is 61.3. The van der Waals surface area contributed by atoms with Crippen LogP contribution in [0.1, 0.15) is 140 Å². The zero-order valence-electron chi connectivity index (χ0n) is 88.3. The first kappa shape index (κ1) is 131. The molecule has 0 bridgehead atoms. The van der Waals surface area contributed by atoms with Gasteiger partial charge in [0.1, 0.15) is 24.7 Å². The van der Waals surface area contributed by atoms with E-state index in [1.807, 2.05) is 99.5 Å². The van der Waals surface area contributed by atoms with E-state index in [-0.39, 0.29) is 158 Å². The number of carbonyl (C=O) groups excluding carboxylic acids is 15. The molecule has 144 heavy (non-hydrogen) atoms. The Labute approximate surface area is 850 Å². The lowest BCUT2D eigenvalue weighted by Gasteiger charge is -2.41. The molecule has 11 atom stereocenters. The Morgan fingerprint density at radius 1 is 0.451 bits per heavy atom. The van der Waals surface area contributed by atoms with Gasteiger partial charge in [-0.25, -0.2) is 9.59 Å². The predicted molar refractivity (Wildman–Crippen MR) is 529 cm³/mol. The van der Waals surface area contributed by atoms with Crippen LogP contribution in [0.15, 0.2) is 30.3 Å². The van der Waals surface area contributed by atoms with Crippen molar-refractivity contribution in [2.24, 2.45) is 35.0 Å². The molecule has 0 aromatic heterocycles. The summed E-state index contributed by atoms with van der Waals surface area (Å²) in [6.45, 7) is 27.1. The summed E-state index contributed by atoms with van der Waals surface area (Å²) in [5.41, 5.74) is 0.690. The molecule has 0 aliphatic carbocycles. The lowest BCUT2D eigenvalue weighted by atomic mass is 9.89. The SMILES string of the molecule is CC[C@H](C)[C@@H]([C@@H](CC(=O)N1CCC[C@H]1[C@H](OC)[C@@H](C)C(=O)N[C@@H](Cc1ccccc1)C(=O)NCCCOC(=O)[C@H](C)NC(=O)CCNC(=O)OC[C@H](CC(=O)CNC(=O)CNC(=O)CNC(=O)CNC(=O)CCNC(=O)CCOCC(C)(C)C)C(=O)NCCOCCOCCOCCOCCOCCOCCOCCOCCOCCOCCOCCOC)OC)N(C)C(=O)C(NC(=O)[C@H](C(C)C)N(C)C)C(C)C. The lowest BCUT2D eigenvalue weighted by molar-refractivity contribution is -0.148. The number of rotatable bonds is 86. The monoisotopic (exact) mass is 2060 g/mol. The van der Waals surface area contributed by atoms with Gasteiger partial charge in [-0.1, -0.05) is 106 Å². The molecular weight excluding hydrogens is 1890 g/mol. The average Bonchev–Trinajstić information content (AvgIpc) is 1.65. The van der Waals surface area contributed by atoms with Crippen LogP contribution < -0.4 is 58.5 Å². The Balaban J connectivity index is 1.91. The minimum atomic E-state index is -1.31. The first-order valence-electron chi connectivity index (χ1n) is 50.0. The Bertz CT molecular complexity index is 3790. The van der Waals surface area contributed by atoms with Gasteiger partial charge in [0, 0.05) is 93.2 Å². The molecule has 1 aliphatic heterocycles. The van der Waals surface area contributed by atoms with Gasteiger partial charge in [0.2, 0.25) is 70.9 Å². The van der Waals surface area contributed by atoms with Crippen molar-refractivity contribution in [3.05, 3.63) is 35.9 Å². The zero-order chi connectivity index (χ0) is 107. The number of Topliss-reactive ketones (excluding diaryl/α,β-unsaturated/α-hetero) is 1. The molecule has 13 amide bonds. The van der Waals surface area contributed by atoms with Crippen LogP contribution in [-0.2, 0) is 154 Å². The van der Waals surface area contributed by atoms with Gasteiger partial charge >= 0.3 is 12.1 Å². The molecule has 1 aliphatic rings. The number of alkyl carbamates (subject to hydrolysis) is 1. The number of ether oxygens (including phenoxy) is 17. The van der Waals surface area contributed by atoms with Crippen molar-refractivity contribution in [2.45, 2.75) is 189 Å². The number of methoxy groups -OCH3 is 3. The predicted octanol–water partition coefficient (Wildman–Crippen LogP) is -0.0238. The first-order chi connectivity index (χ1) is 68.9. The molecule has 0 saturated carbocycles. The molecule has 0 spiro atoms. The van der Waals surface area contributed by atoms with Crippen LogP contribution in [0, 0.1) is 35.0 Å². The normalized spacial score (nSPS) is 14.7. The number of nitrogens with zero attached hydrogens (tertiary/aromatic N) is 3. The lowest BCUT2D eigenvalue weighted by Crippen LogP contribution is -2.59. The molecule has 1 saturated heterocycles. The summed E-state index contributed by atoms with van der Waals surface area (Å²) in [6, 6.07) is 4.36. The van der Waals surface area contributed by atoms with Crippen LogP contribution >= 0.6 is 0 Å². The van der Waals surface area contributed by atoms with Crippen LogP contribution in [0.3, 0.4) is 0 Å². The fourth-order valence-corrected chi connectivity index (χ4v) is 14.7. The third-order valence-electron chi connectivity index (χ3n) is 22.5. The van der Waals surface area contributed by atoms with Gasteiger partial charge in [-0.2, -0.15) is 0 Å². The molecule has 1 fully saturated rings. The highest BCUT2D eigenvalue weighted by Crippen LogP contribution is 2.30. The number of hydrogen-bond donors (Lipinski definition) is 11. The first-order valence-corrected chi connectivity index (χ1v) is 50.0. The second-order valence-corrected chi connectivity index (χ2v) is 36.6. The summed E-state index contributed by atoms with van der Waals surface area (Å²) in [5, 5.41) is 28.2. The molecule has 1 aromatic carbocycles. The topological polar surface area (TPSA) is 555 Å². The van der Waals surface area contributed by atoms with E-state index < -0.39 is 165 Å². The molecule has 0 radical (unpaired) electrons. The Morgan fingerprint density at radius 3 is 1.41 bits per heavy atom. The molecule has 46 heteroatoms. The summed E-state index contributed by atoms with van der Waals surface area (Å²) in [6.07, 6.45) is -1.64. The van der Waals surface area contributed by atoms with E-state index in [0.717, 1.165) is 5.56 Å². The molecule has 2 rings (SSSR count). The molecule has 1 unspecified atom stereocenters. The van der Waals surface area contributed by atoms with E-state index in [9.17, 15) is 71.9 Å². The number of nitrogens with one attached hydrogen (secondary N) is 11. The van der Waals surface area contributed by atoms with E-state index >= 15 is 0 Å². The molecule has 11 N–H and O–H groups in total. The molecular formula is C98H172N14O32. The van der Waals surface area contributed by atoms with E-state index in [0.29, 0.717) is 151 Å². The van der Waals surface area contributed by atoms with Gasteiger partial charge in [0.15, 0.2) is 5.78 Å². The summed E-state index contributed by atoms with van der Waals surface area (Å²) < 4.78 is 93.8. The van der Waals surface area contributed by atoms with Crippen molar-refractivity contribution in [3.63, 3.8) is 0 Å². The molecule has 1 aromatic rings. The van der Waals surface area contributed by atoms with Crippen molar-refractivity contribution in [3.8, 4) is 0 Å². The Kier molecular flexibility index (Phi) is 72.4. The maximum Gasteiger partial charge on any atom is 0.407 e. The largest absolute Gasteiger partial charge is 0.464 e. The maximum atomic E-state index is 14.7. The third-order valence-corrected chi connectivity index (χ3v) is 22.5. The Morgan fingerprint density at radius 2 is 0.931 bits per heavy atom. The van der Waals surface area contributed by atoms with E-state index in [1.165, 1.54) is 21.1 Å². The van der Waals surface area contributed by atoms with Gasteiger partial charge in [-0.15, -0.1) is 0 Å². The summed E-state index contributed by atoms with van der Waals surface area (Å²) in [7, 11) is 9.92. The van der Waals surface area contributed by atoms with Crippen LogP contribution in [0.25, 0.3) is 0 Å². The zero-order valence-corrected chi connectivity index (χ0v) is 88.3. The van der Waals surface area contributed by atoms with Crippen LogP contribution in [0.4, 0.5) is 4.79 Å². The smallest absolute Gasteiger partial charge is 0.407 e. The second kappa shape index (κ2) is 79.8. The van der Waals surface area contributed by atoms with Crippen LogP contribution in [0.5, 0.6) is 0 Å². The van der Waals surface area contributed by atoms with E-state index in [2.05, 4.69) is 58.5 Å². The van der Waals surface area contributed by atoms with Gasteiger partial charge in [-0.05, 0) is 69.0 Å². The number of amides is 13. The van der Waals surface area contributed by atoms with Gasteiger partial charge in [-0.3, -0.25) is 67.2 Å². The number of likely N-dealkylation sites (N-methyl/N-ethyl adjacent to an activating group) is 2. The van der Waals surface area contributed by atoms with Crippen LogP contribution in [-0.4, -0.2) is 432 Å².